The van der Waals surface area contributed by atoms with Crippen LogP contribution in [-0.4, -0.2) is 14.8 Å². The van der Waals surface area contributed by atoms with Crippen LogP contribution in [-0.2, 0) is 12.3 Å². The van der Waals surface area contributed by atoms with Gasteiger partial charge >= 0.3 is 0 Å². The molecule has 4 nitrogen and oxygen atoms in total. The highest BCUT2D eigenvalue weighted by Gasteiger charge is 2.29. The minimum atomic E-state index is 0.614. The summed E-state index contributed by atoms with van der Waals surface area (Å²) >= 11 is 1.66. The lowest BCUT2D eigenvalue weighted by atomic mass is 10.1. The van der Waals surface area contributed by atoms with E-state index >= 15 is 0 Å². The molecule has 0 radical (unpaired) electrons. The van der Waals surface area contributed by atoms with Crippen LogP contribution in [0.4, 0.5) is 0 Å². The van der Waals surface area contributed by atoms with Gasteiger partial charge in [-0.1, -0.05) is 30.0 Å². The Labute approximate surface area is 122 Å². The number of thioether (sulfide) groups is 1. The van der Waals surface area contributed by atoms with Crippen LogP contribution in [0.2, 0.25) is 0 Å². The van der Waals surface area contributed by atoms with Gasteiger partial charge in [0.15, 0.2) is 5.16 Å². The predicted octanol–water partition coefficient (Wildman–Crippen LogP) is 3.34. The highest BCUT2D eigenvalue weighted by Crippen LogP contribution is 2.40. The number of aromatic nitrogens is 3. The average molecular weight is 284 g/mol. The van der Waals surface area contributed by atoms with Gasteiger partial charge in [0.2, 0.25) is 0 Å². The molecule has 0 unspecified atom stereocenters. The van der Waals surface area contributed by atoms with Crippen molar-refractivity contribution >= 4 is 11.8 Å². The lowest BCUT2D eigenvalue weighted by molar-refractivity contribution is 0.643. The first-order chi connectivity index (χ1) is 9.83. The number of hydrogen-bond acceptors (Lipinski definition) is 4. The van der Waals surface area contributed by atoms with Gasteiger partial charge in [0, 0.05) is 18.2 Å². The van der Waals surface area contributed by atoms with Gasteiger partial charge in [-0.25, -0.2) is 0 Å². The third-order valence-corrected chi connectivity index (χ3v) is 4.51. The van der Waals surface area contributed by atoms with Crippen LogP contribution >= 0.6 is 11.8 Å². The lowest BCUT2D eigenvalue weighted by Crippen LogP contribution is -2.02. The van der Waals surface area contributed by atoms with Crippen molar-refractivity contribution in [3.8, 4) is 6.07 Å². The Balaban J connectivity index is 1.77. The third kappa shape index (κ3) is 2.56. The fourth-order valence-electron chi connectivity index (χ4n) is 2.25. The quantitative estimate of drug-likeness (QED) is 0.790. The number of rotatable bonds is 5. The zero-order chi connectivity index (χ0) is 13.9. The Kier molecular flexibility index (Phi) is 3.75. The topological polar surface area (TPSA) is 54.5 Å². The number of nitrogens with zero attached hydrogens (tertiary/aromatic N) is 4. The minimum Gasteiger partial charge on any atom is -0.306 e. The van der Waals surface area contributed by atoms with E-state index in [0.29, 0.717) is 5.92 Å². The molecular formula is C15H16N4S. The predicted molar refractivity (Wildman–Crippen MR) is 78.4 cm³/mol. The smallest absolute Gasteiger partial charge is 0.191 e. The maximum atomic E-state index is 9.11. The van der Waals surface area contributed by atoms with E-state index in [0.717, 1.165) is 34.4 Å². The first-order valence-electron chi connectivity index (χ1n) is 6.87. The van der Waals surface area contributed by atoms with Crippen LogP contribution in [0.25, 0.3) is 0 Å². The second kappa shape index (κ2) is 5.68. The molecule has 1 aromatic carbocycles. The first-order valence-corrected chi connectivity index (χ1v) is 7.86. The molecule has 20 heavy (non-hydrogen) atoms. The molecule has 0 amide bonds. The molecule has 0 N–H and O–H groups in total. The summed E-state index contributed by atoms with van der Waals surface area (Å²) < 4.78 is 2.21. The van der Waals surface area contributed by atoms with Gasteiger partial charge in [0.05, 0.1) is 11.6 Å². The molecule has 1 fully saturated rings. The Hall–Kier alpha value is -1.80. The van der Waals surface area contributed by atoms with Gasteiger partial charge < -0.3 is 4.57 Å². The zero-order valence-electron chi connectivity index (χ0n) is 11.4. The molecule has 0 aliphatic heterocycles. The summed E-state index contributed by atoms with van der Waals surface area (Å²) in [6.07, 6.45) is 2.47. The van der Waals surface area contributed by atoms with Crippen LogP contribution < -0.4 is 0 Å². The standard InChI is InChI=1S/C15H16N4S/c1-2-19-14(11-7-8-11)17-18-15(19)20-10-13-6-4-3-5-12(13)9-16/h3-6,11H,2,7-8,10H2,1H3. The zero-order valence-corrected chi connectivity index (χ0v) is 12.2. The van der Waals surface area contributed by atoms with Crippen LogP contribution in [0.5, 0.6) is 0 Å². The Bertz CT molecular complexity index is 652. The van der Waals surface area contributed by atoms with Gasteiger partial charge in [0.25, 0.3) is 0 Å². The minimum absolute atomic E-state index is 0.614. The van der Waals surface area contributed by atoms with Crippen molar-refractivity contribution < 1.29 is 0 Å². The molecule has 5 heteroatoms. The van der Waals surface area contributed by atoms with E-state index in [9.17, 15) is 0 Å². The van der Waals surface area contributed by atoms with Crippen molar-refractivity contribution in [1.82, 2.24) is 14.8 Å². The summed E-state index contributed by atoms with van der Waals surface area (Å²) in [5, 5.41) is 18.7. The summed E-state index contributed by atoms with van der Waals surface area (Å²) in [5.41, 5.74) is 1.80. The lowest BCUT2D eigenvalue weighted by Gasteiger charge is -2.07. The summed E-state index contributed by atoms with van der Waals surface area (Å²) in [5.74, 6) is 2.50. The van der Waals surface area contributed by atoms with E-state index in [2.05, 4.69) is 27.8 Å². The van der Waals surface area contributed by atoms with Crippen molar-refractivity contribution in [2.75, 3.05) is 0 Å². The van der Waals surface area contributed by atoms with Crippen molar-refractivity contribution in [3.63, 3.8) is 0 Å². The fraction of sp³-hybridized carbons (Fsp3) is 0.400. The SMILES string of the molecule is CCn1c(SCc2ccccc2C#N)nnc1C1CC1. The summed E-state index contributed by atoms with van der Waals surface area (Å²) in [7, 11) is 0. The fourth-order valence-corrected chi connectivity index (χ4v) is 3.26. The van der Waals surface area contributed by atoms with Gasteiger partial charge in [0.1, 0.15) is 5.82 Å². The third-order valence-electron chi connectivity index (χ3n) is 3.50. The molecule has 2 aromatic rings. The van der Waals surface area contributed by atoms with E-state index in [4.69, 9.17) is 5.26 Å². The molecule has 1 aliphatic rings. The van der Waals surface area contributed by atoms with Crippen LogP contribution in [0.1, 0.15) is 42.6 Å². The normalized spacial score (nSPS) is 14.2. The monoisotopic (exact) mass is 284 g/mol. The maximum Gasteiger partial charge on any atom is 0.191 e. The molecule has 0 saturated heterocycles. The molecule has 1 heterocycles. The van der Waals surface area contributed by atoms with E-state index in [1.165, 1.54) is 12.8 Å². The molecule has 3 rings (SSSR count). The van der Waals surface area contributed by atoms with E-state index < -0.39 is 0 Å². The maximum absolute atomic E-state index is 9.11. The van der Waals surface area contributed by atoms with Crippen LogP contribution in [0.3, 0.4) is 0 Å². The molecule has 1 aromatic heterocycles. The number of benzene rings is 1. The molecule has 0 bridgehead atoms. The van der Waals surface area contributed by atoms with Crippen molar-refractivity contribution in [2.45, 2.75) is 43.1 Å². The van der Waals surface area contributed by atoms with Crippen molar-refractivity contribution in [1.29, 1.82) is 5.26 Å². The average Bonchev–Trinajstić information content (AvgIpc) is 3.25. The Morgan fingerprint density at radius 1 is 1.35 bits per heavy atom. The Morgan fingerprint density at radius 3 is 2.85 bits per heavy atom. The van der Waals surface area contributed by atoms with Gasteiger partial charge in [-0.05, 0) is 31.4 Å². The molecule has 0 spiro atoms. The van der Waals surface area contributed by atoms with Crippen molar-refractivity contribution in [3.05, 3.63) is 41.2 Å². The second-order valence-corrected chi connectivity index (χ2v) is 5.86. The summed E-state index contributed by atoms with van der Waals surface area (Å²) in [6.45, 7) is 3.03. The van der Waals surface area contributed by atoms with Crippen molar-refractivity contribution in [2.24, 2.45) is 0 Å². The summed E-state index contributed by atoms with van der Waals surface area (Å²) in [4.78, 5) is 0. The number of hydrogen-bond donors (Lipinski definition) is 0. The summed E-state index contributed by atoms with van der Waals surface area (Å²) in [6, 6.07) is 9.96. The van der Waals surface area contributed by atoms with Crippen LogP contribution in [0.15, 0.2) is 29.4 Å². The molecule has 0 atom stereocenters. The molecule has 1 aliphatic carbocycles. The molecule has 102 valence electrons. The number of nitriles is 1. The van der Waals surface area contributed by atoms with E-state index in [-0.39, 0.29) is 0 Å². The van der Waals surface area contributed by atoms with Gasteiger partial charge in [-0.3, -0.25) is 0 Å². The van der Waals surface area contributed by atoms with Gasteiger partial charge in [-0.15, -0.1) is 10.2 Å². The molecular weight excluding hydrogens is 268 g/mol. The highest BCUT2D eigenvalue weighted by atomic mass is 32.2. The Morgan fingerprint density at radius 2 is 2.15 bits per heavy atom. The highest BCUT2D eigenvalue weighted by molar-refractivity contribution is 7.98. The first kappa shape index (κ1) is 13.2. The van der Waals surface area contributed by atoms with Gasteiger partial charge in [-0.2, -0.15) is 5.26 Å². The van der Waals surface area contributed by atoms with E-state index in [1.807, 2.05) is 24.3 Å². The second-order valence-electron chi connectivity index (χ2n) is 4.92. The van der Waals surface area contributed by atoms with Crippen LogP contribution in [0, 0.1) is 11.3 Å². The molecule has 1 saturated carbocycles. The largest absolute Gasteiger partial charge is 0.306 e. The van der Waals surface area contributed by atoms with E-state index in [1.54, 1.807) is 11.8 Å².